The summed E-state index contributed by atoms with van der Waals surface area (Å²) in [6, 6.07) is 10.8. The lowest BCUT2D eigenvalue weighted by Crippen LogP contribution is -2.31. The van der Waals surface area contributed by atoms with Gasteiger partial charge in [0.05, 0.1) is 0 Å². The zero-order valence-electron chi connectivity index (χ0n) is 14.5. The van der Waals surface area contributed by atoms with Crippen molar-refractivity contribution in [3.8, 4) is 0 Å². The molecule has 0 radical (unpaired) electrons. The number of pyridine rings is 1. The zero-order valence-corrected chi connectivity index (χ0v) is 14.5. The number of hydrogen-bond donors (Lipinski definition) is 2. The van der Waals surface area contributed by atoms with Gasteiger partial charge in [-0.25, -0.2) is 0 Å². The third-order valence-corrected chi connectivity index (χ3v) is 3.51. The predicted molar refractivity (Wildman–Crippen MR) is 95.3 cm³/mol. The Morgan fingerprint density at radius 3 is 2.38 bits per heavy atom. The molecule has 2 aromatic rings. The van der Waals surface area contributed by atoms with Gasteiger partial charge in [0.25, 0.3) is 11.8 Å². The van der Waals surface area contributed by atoms with Crippen molar-refractivity contribution in [3.63, 3.8) is 0 Å². The minimum Gasteiger partial charge on any atom is -0.349 e. The summed E-state index contributed by atoms with van der Waals surface area (Å²) in [5.74, 6) is -0.252. The molecule has 0 saturated heterocycles. The minimum absolute atomic E-state index is 0.00898. The Labute approximate surface area is 142 Å². The highest BCUT2D eigenvalue weighted by Crippen LogP contribution is 2.24. The van der Waals surface area contributed by atoms with Gasteiger partial charge in [-0.15, -0.1) is 0 Å². The molecule has 0 unspecified atom stereocenters. The van der Waals surface area contributed by atoms with E-state index in [1.165, 1.54) is 12.3 Å². The SMILES string of the molecule is CC(C)NC(=O)c1cc(C(=O)Nc2ccccc2C(C)C)ccn1. The first-order valence-corrected chi connectivity index (χ1v) is 8.05. The number of aromatic nitrogens is 1. The highest BCUT2D eigenvalue weighted by molar-refractivity contribution is 6.06. The Balaban J connectivity index is 2.21. The number of carbonyl (C=O) groups is 2. The van der Waals surface area contributed by atoms with E-state index >= 15 is 0 Å². The topological polar surface area (TPSA) is 71.1 Å². The summed E-state index contributed by atoms with van der Waals surface area (Å²) in [7, 11) is 0. The monoisotopic (exact) mass is 325 g/mol. The van der Waals surface area contributed by atoms with Crippen molar-refractivity contribution in [1.29, 1.82) is 0 Å². The van der Waals surface area contributed by atoms with Gasteiger partial charge < -0.3 is 10.6 Å². The van der Waals surface area contributed by atoms with Crippen LogP contribution in [0.4, 0.5) is 5.69 Å². The Bertz CT molecular complexity index is 739. The van der Waals surface area contributed by atoms with Gasteiger partial charge in [0, 0.05) is 23.5 Å². The molecule has 2 amide bonds. The van der Waals surface area contributed by atoms with E-state index in [1.54, 1.807) is 6.07 Å². The van der Waals surface area contributed by atoms with Crippen LogP contribution in [-0.4, -0.2) is 22.8 Å². The molecule has 5 heteroatoms. The summed E-state index contributed by atoms with van der Waals surface area (Å²) < 4.78 is 0. The van der Waals surface area contributed by atoms with Crippen molar-refractivity contribution in [2.75, 3.05) is 5.32 Å². The third-order valence-electron chi connectivity index (χ3n) is 3.51. The number of benzene rings is 1. The molecule has 0 aliphatic heterocycles. The van der Waals surface area contributed by atoms with Crippen LogP contribution in [-0.2, 0) is 0 Å². The van der Waals surface area contributed by atoms with Crippen LogP contribution in [0.5, 0.6) is 0 Å². The summed E-state index contributed by atoms with van der Waals surface area (Å²) in [5, 5.41) is 5.68. The van der Waals surface area contributed by atoms with Crippen molar-refractivity contribution in [2.24, 2.45) is 0 Å². The van der Waals surface area contributed by atoms with Crippen LogP contribution in [0.25, 0.3) is 0 Å². The average Bonchev–Trinajstić information content (AvgIpc) is 2.54. The molecular weight excluding hydrogens is 302 g/mol. The Hall–Kier alpha value is -2.69. The molecule has 0 saturated carbocycles. The summed E-state index contributed by atoms with van der Waals surface area (Å²) in [4.78, 5) is 28.6. The lowest BCUT2D eigenvalue weighted by atomic mass is 10.0. The number of rotatable bonds is 5. The molecule has 0 spiro atoms. The van der Waals surface area contributed by atoms with E-state index in [1.807, 2.05) is 38.1 Å². The maximum Gasteiger partial charge on any atom is 0.270 e. The number of para-hydroxylation sites is 1. The van der Waals surface area contributed by atoms with E-state index in [2.05, 4.69) is 29.5 Å². The molecule has 0 aliphatic rings. The first-order valence-electron chi connectivity index (χ1n) is 8.05. The summed E-state index contributed by atoms with van der Waals surface area (Å²) in [6.07, 6.45) is 1.47. The first kappa shape index (κ1) is 17.7. The van der Waals surface area contributed by atoms with Crippen molar-refractivity contribution >= 4 is 17.5 Å². The van der Waals surface area contributed by atoms with Gasteiger partial charge in [-0.05, 0) is 43.5 Å². The zero-order chi connectivity index (χ0) is 17.7. The second kappa shape index (κ2) is 7.73. The summed E-state index contributed by atoms with van der Waals surface area (Å²) in [6.45, 7) is 7.90. The molecule has 1 aromatic carbocycles. The largest absolute Gasteiger partial charge is 0.349 e. The summed E-state index contributed by atoms with van der Waals surface area (Å²) in [5.41, 5.74) is 2.48. The van der Waals surface area contributed by atoms with Crippen LogP contribution in [0.1, 0.15) is 60.0 Å². The number of hydrogen-bond acceptors (Lipinski definition) is 3. The van der Waals surface area contributed by atoms with Gasteiger partial charge in [0.15, 0.2) is 0 Å². The third kappa shape index (κ3) is 4.41. The Morgan fingerprint density at radius 1 is 1.00 bits per heavy atom. The molecular formula is C19H23N3O2. The average molecular weight is 325 g/mol. The fourth-order valence-electron chi connectivity index (χ4n) is 2.34. The van der Waals surface area contributed by atoms with E-state index in [4.69, 9.17) is 0 Å². The minimum atomic E-state index is -0.290. The highest BCUT2D eigenvalue weighted by atomic mass is 16.2. The molecule has 1 heterocycles. The molecule has 2 rings (SSSR count). The van der Waals surface area contributed by atoms with E-state index in [0.717, 1.165) is 11.3 Å². The van der Waals surface area contributed by atoms with Crippen LogP contribution in [0.15, 0.2) is 42.6 Å². The second-order valence-electron chi connectivity index (χ2n) is 6.25. The van der Waals surface area contributed by atoms with Gasteiger partial charge in [-0.1, -0.05) is 32.0 Å². The van der Waals surface area contributed by atoms with Crippen molar-refractivity contribution < 1.29 is 9.59 Å². The number of anilines is 1. The molecule has 2 N–H and O–H groups in total. The fraction of sp³-hybridized carbons (Fsp3) is 0.316. The smallest absolute Gasteiger partial charge is 0.270 e. The fourth-order valence-corrected chi connectivity index (χ4v) is 2.34. The highest BCUT2D eigenvalue weighted by Gasteiger charge is 2.14. The molecule has 126 valence electrons. The van der Waals surface area contributed by atoms with E-state index < -0.39 is 0 Å². The molecule has 24 heavy (non-hydrogen) atoms. The lowest BCUT2D eigenvalue weighted by molar-refractivity contribution is 0.0938. The van der Waals surface area contributed by atoms with E-state index in [0.29, 0.717) is 11.5 Å². The van der Waals surface area contributed by atoms with Gasteiger partial charge in [-0.2, -0.15) is 0 Å². The van der Waals surface area contributed by atoms with Crippen LogP contribution < -0.4 is 10.6 Å². The molecule has 0 atom stereocenters. The molecule has 0 fully saturated rings. The molecule has 1 aromatic heterocycles. The lowest BCUT2D eigenvalue weighted by Gasteiger charge is -2.14. The maximum atomic E-state index is 12.5. The van der Waals surface area contributed by atoms with Crippen molar-refractivity contribution in [1.82, 2.24) is 10.3 Å². The number of amides is 2. The number of nitrogens with zero attached hydrogens (tertiary/aromatic N) is 1. The van der Waals surface area contributed by atoms with Crippen LogP contribution in [0.3, 0.4) is 0 Å². The summed E-state index contributed by atoms with van der Waals surface area (Å²) >= 11 is 0. The van der Waals surface area contributed by atoms with Crippen molar-refractivity contribution in [3.05, 3.63) is 59.4 Å². The Morgan fingerprint density at radius 2 is 1.71 bits per heavy atom. The number of nitrogens with one attached hydrogen (secondary N) is 2. The molecule has 0 aliphatic carbocycles. The van der Waals surface area contributed by atoms with Crippen molar-refractivity contribution in [2.45, 2.75) is 39.7 Å². The predicted octanol–water partition coefficient (Wildman–Crippen LogP) is 3.60. The van der Waals surface area contributed by atoms with Gasteiger partial charge in [0.2, 0.25) is 0 Å². The van der Waals surface area contributed by atoms with Gasteiger partial charge in [-0.3, -0.25) is 14.6 Å². The van der Waals surface area contributed by atoms with Crippen LogP contribution in [0.2, 0.25) is 0 Å². The molecule has 0 bridgehead atoms. The van der Waals surface area contributed by atoms with Gasteiger partial charge in [0.1, 0.15) is 5.69 Å². The van der Waals surface area contributed by atoms with Crippen LogP contribution in [0, 0.1) is 0 Å². The standard InChI is InChI=1S/C19H23N3O2/c1-12(2)15-7-5-6-8-16(15)22-18(23)14-9-10-20-17(11-14)19(24)21-13(3)4/h5-13H,1-4H3,(H,21,24)(H,22,23). The van der Waals surface area contributed by atoms with E-state index in [-0.39, 0.29) is 23.6 Å². The molecule has 5 nitrogen and oxygen atoms in total. The normalized spacial score (nSPS) is 10.8. The quantitative estimate of drug-likeness (QED) is 0.882. The maximum absolute atomic E-state index is 12.5. The first-order chi connectivity index (χ1) is 11.4. The number of carbonyl (C=O) groups excluding carboxylic acids is 2. The van der Waals surface area contributed by atoms with E-state index in [9.17, 15) is 9.59 Å². The Kier molecular flexibility index (Phi) is 5.68. The van der Waals surface area contributed by atoms with Gasteiger partial charge >= 0.3 is 0 Å². The van der Waals surface area contributed by atoms with Crippen LogP contribution >= 0.6 is 0 Å². The second-order valence-corrected chi connectivity index (χ2v) is 6.25.